The van der Waals surface area contributed by atoms with E-state index in [1.54, 1.807) is 44.8 Å². The first-order valence-electron chi connectivity index (χ1n) is 18.4. The van der Waals surface area contributed by atoms with Crippen molar-refractivity contribution in [1.29, 1.82) is 0 Å². The van der Waals surface area contributed by atoms with Gasteiger partial charge < -0.3 is 24.4 Å². The van der Waals surface area contributed by atoms with E-state index in [1.165, 1.54) is 16.9 Å². The van der Waals surface area contributed by atoms with Crippen LogP contribution in [0.25, 0.3) is 0 Å². The molecule has 3 aromatic carbocycles. The molecule has 5 aromatic rings. The molecule has 3 N–H and O–H groups in total. The maximum Gasteiger partial charge on any atom is 0.348 e. The summed E-state index contributed by atoms with van der Waals surface area (Å²) in [5, 5.41) is 4.27. The summed E-state index contributed by atoms with van der Waals surface area (Å²) in [6.07, 6.45) is 6.52. The van der Waals surface area contributed by atoms with Gasteiger partial charge in [-0.05, 0) is 53.8 Å². The molecule has 2 aliphatic rings. The molecule has 0 saturated carbocycles. The van der Waals surface area contributed by atoms with E-state index in [-0.39, 0.29) is 24.0 Å². The van der Waals surface area contributed by atoms with E-state index >= 15 is 0 Å². The van der Waals surface area contributed by atoms with E-state index in [0.717, 1.165) is 42.7 Å². The van der Waals surface area contributed by atoms with E-state index in [2.05, 4.69) is 39.5 Å². The topological polar surface area (TPSA) is 130 Å². The highest BCUT2D eigenvalue weighted by atomic mass is 35.5. The molecule has 294 valence electrons. The number of carbonyl (C=O) groups excluding carboxylic acids is 2. The van der Waals surface area contributed by atoms with Crippen molar-refractivity contribution in [3.63, 3.8) is 0 Å². The van der Waals surface area contributed by atoms with Crippen LogP contribution in [0, 0.1) is 0 Å². The summed E-state index contributed by atoms with van der Waals surface area (Å²) in [5.41, 5.74) is 3.45. The Morgan fingerprint density at radius 1 is 0.857 bits per heavy atom. The van der Waals surface area contributed by atoms with Gasteiger partial charge in [0.25, 0.3) is 0 Å². The highest BCUT2D eigenvalue weighted by Crippen LogP contribution is 2.39. The third-order valence-corrected chi connectivity index (χ3v) is 12.2. The number of halogens is 2. The molecule has 2 saturated heterocycles. The van der Waals surface area contributed by atoms with E-state index < -0.39 is 18.1 Å². The predicted octanol–water partition coefficient (Wildman–Crippen LogP) is 8.42. The van der Waals surface area contributed by atoms with Gasteiger partial charge in [0.1, 0.15) is 33.2 Å². The minimum Gasteiger partial charge on any atom is -0.870 e. The minimum absolute atomic E-state index is 0. The van der Waals surface area contributed by atoms with Crippen LogP contribution in [0.5, 0.6) is 11.5 Å². The maximum atomic E-state index is 13.9. The first kappa shape index (κ1) is 41.2. The van der Waals surface area contributed by atoms with Gasteiger partial charge in [-0.3, -0.25) is 10.2 Å². The van der Waals surface area contributed by atoms with Crippen LogP contribution in [0.4, 0.5) is 0 Å². The molecule has 0 amide bonds. The van der Waals surface area contributed by atoms with Gasteiger partial charge in [0, 0.05) is 54.9 Å². The number of rotatable bonds is 15. The Labute approximate surface area is 341 Å². The number of nitrogens with zero attached hydrogens (tertiary/aromatic N) is 1. The van der Waals surface area contributed by atoms with Crippen LogP contribution in [0.3, 0.4) is 0 Å². The number of nitrogens with one attached hydrogen (secondary N) is 2. The molecule has 56 heavy (non-hydrogen) atoms. The van der Waals surface area contributed by atoms with Gasteiger partial charge in [0.2, 0.25) is 0 Å². The number of pyridine rings is 1. The van der Waals surface area contributed by atoms with Crippen molar-refractivity contribution in [2.45, 2.75) is 75.5 Å². The molecular weight excluding hydrogens is 773 g/mol. The largest absolute Gasteiger partial charge is 0.870 e. The summed E-state index contributed by atoms with van der Waals surface area (Å²) in [4.78, 5) is 34.4. The molecule has 2 aromatic heterocycles. The smallest absolute Gasteiger partial charge is 0.348 e. The Kier molecular flexibility index (Phi) is 14.0. The highest BCUT2D eigenvalue weighted by molar-refractivity contribution is 7.13. The Balaban J connectivity index is 0.00000532. The number of hydrogen-bond donors (Lipinski definition) is 1. The molecular formula is C43H45Cl2N3O7S. The Morgan fingerprint density at radius 3 is 2.18 bits per heavy atom. The number of aromatic nitrogens is 1. The molecule has 0 aliphatic carbocycles. The quantitative estimate of drug-likeness (QED) is 0.104. The highest BCUT2D eigenvalue weighted by Gasteiger charge is 2.42. The predicted molar refractivity (Wildman–Crippen MR) is 215 cm³/mol. The SMILES string of the molecule is COc1ccc([C@H](Cc2c(Cl)c[nH+]cc2Cl)OC(=O)c2ccc(CNC(C(=O)OC3CC4CCC(C3)N4Cc3ccccc3)c3ccccc3)s2)cc1OC.[OH-]. The first-order chi connectivity index (χ1) is 26.8. The lowest BCUT2D eigenvalue weighted by atomic mass is 9.98. The normalized spacial score (nSPS) is 18.7. The Bertz CT molecular complexity index is 2050. The van der Waals surface area contributed by atoms with Crippen molar-refractivity contribution in [1.82, 2.24) is 10.2 Å². The van der Waals surface area contributed by atoms with Crippen molar-refractivity contribution < 1.29 is 39.0 Å². The van der Waals surface area contributed by atoms with E-state index in [1.807, 2.05) is 48.5 Å². The van der Waals surface area contributed by atoms with Crippen molar-refractivity contribution >= 4 is 46.5 Å². The summed E-state index contributed by atoms with van der Waals surface area (Å²) in [5.74, 6) is 0.248. The molecule has 10 nitrogen and oxygen atoms in total. The summed E-state index contributed by atoms with van der Waals surface area (Å²) in [6, 6.07) is 29.3. The Morgan fingerprint density at radius 2 is 1.52 bits per heavy atom. The van der Waals surface area contributed by atoms with Crippen LogP contribution < -0.4 is 19.8 Å². The lowest BCUT2D eigenvalue weighted by Gasteiger charge is -2.39. The van der Waals surface area contributed by atoms with Gasteiger partial charge in [0.05, 0.1) is 14.2 Å². The molecule has 2 aliphatic heterocycles. The van der Waals surface area contributed by atoms with Gasteiger partial charge in [-0.2, -0.15) is 0 Å². The van der Waals surface area contributed by atoms with Crippen LogP contribution in [0.1, 0.15) is 74.6 Å². The summed E-state index contributed by atoms with van der Waals surface area (Å²) < 4.78 is 23.4. The monoisotopic (exact) mass is 817 g/mol. The van der Waals surface area contributed by atoms with Gasteiger partial charge in [-0.25, -0.2) is 14.6 Å². The molecule has 2 fully saturated rings. The number of fused-ring (bicyclic) bond motifs is 2. The summed E-state index contributed by atoms with van der Waals surface area (Å²) >= 11 is 14.3. The fourth-order valence-electron chi connectivity index (χ4n) is 7.70. The number of ether oxygens (including phenoxy) is 4. The number of esters is 2. The molecule has 3 unspecified atom stereocenters. The van der Waals surface area contributed by atoms with Gasteiger partial charge in [-0.15, -0.1) is 11.3 Å². The number of aromatic amines is 1. The molecule has 4 heterocycles. The second-order valence-corrected chi connectivity index (χ2v) is 15.9. The van der Waals surface area contributed by atoms with Crippen LogP contribution in [0.2, 0.25) is 10.0 Å². The molecule has 0 spiro atoms. The number of hydrogen-bond acceptors (Lipinski definition) is 10. The fraction of sp³-hybridized carbons (Fsp3) is 0.326. The average molecular weight is 819 g/mol. The molecule has 2 bridgehead atoms. The van der Waals surface area contributed by atoms with Crippen molar-refractivity contribution in [3.8, 4) is 11.5 Å². The van der Waals surface area contributed by atoms with E-state index in [9.17, 15) is 9.59 Å². The van der Waals surface area contributed by atoms with Crippen LogP contribution >= 0.6 is 34.5 Å². The van der Waals surface area contributed by atoms with Crippen LogP contribution in [-0.2, 0) is 33.8 Å². The molecule has 4 atom stereocenters. The number of H-pyrrole nitrogens is 1. The number of methoxy groups -OCH3 is 2. The van der Waals surface area contributed by atoms with Gasteiger partial charge in [-0.1, -0.05) is 89.9 Å². The second kappa shape index (κ2) is 19.1. The summed E-state index contributed by atoms with van der Waals surface area (Å²) in [7, 11) is 3.11. The number of carbonyl (C=O) groups is 2. The van der Waals surface area contributed by atoms with E-state index in [0.29, 0.717) is 56.2 Å². The van der Waals surface area contributed by atoms with Crippen LogP contribution in [0.15, 0.2) is 103 Å². The summed E-state index contributed by atoms with van der Waals surface area (Å²) in [6.45, 7) is 1.27. The fourth-order valence-corrected chi connectivity index (χ4v) is 9.07. The maximum absolute atomic E-state index is 13.9. The number of thiophene rings is 1. The first-order valence-corrected chi connectivity index (χ1v) is 20.0. The molecule has 13 heteroatoms. The number of piperidine rings is 1. The zero-order valence-corrected chi connectivity index (χ0v) is 33.5. The lowest BCUT2D eigenvalue weighted by molar-refractivity contribution is -0.377. The average Bonchev–Trinajstić information content (AvgIpc) is 3.77. The van der Waals surface area contributed by atoms with Gasteiger partial charge in [0.15, 0.2) is 23.9 Å². The zero-order chi connectivity index (χ0) is 38.3. The number of benzene rings is 3. The van der Waals surface area contributed by atoms with Gasteiger partial charge >= 0.3 is 11.9 Å². The second-order valence-electron chi connectivity index (χ2n) is 13.9. The van der Waals surface area contributed by atoms with E-state index in [4.69, 9.17) is 42.1 Å². The van der Waals surface area contributed by atoms with Crippen molar-refractivity contribution in [3.05, 3.63) is 145 Å². The zero-order valence-electron chi connectivity index (χ0n) is 31.2. The standard InChI is InChI=1S/C43H43Cl2N3O6S.H2O/c1-51-37-17-13-29(19-39(37)52-2)38(22-34-35(44)24-46-25-36(34)45)54-42(49)40-18-16-33(55-40)23-47-41(28-11-7-4-8-12-28)43(50)53-32-20-30-14-15-31(21-32)48(30)26-27-9-5-3-6-10-27;/h3-13,16-19,24-25,30-32,38,41,47H,14-15,20-23,26H2,1-2H3;1H2/t30?,31?,32?,38-,41?;/m0./s1. The Hall–Kier alpha value is -4.49. The van der Waals surface area contributed by atoms with Crippen molar-refractivity contribution in [2.24, 2.45) is 0 Å². The van der Waals surface area contributed by atoms with Crippen molar-refractivity contribution in [2.75, 3.05) is 14.2 Å². The third-order valence-electron chi connectivity index (χ3n) is 10.5. The molecule has 0 radical (unpaired) electrons. The minimum atomic E-state index is -0.744. The lowest BCUT2D eigenvalue weighted by Crippen LogP contribution is -2.46. The van der Waals surface area contributed by atoms with Crippen LogP contribution in [-0.4, -0.2) is 54.7 Å². The molecule has 7 rings (SSSR count). The third kappa shape index (κ3) is 9.72.